The molecule has 0 aliphatic heterocycles. The van der Waals surface area contributed by atoms with E-state index in [0.29, 0.717) is 28.2 Å². The van der Waals surface area contributed by atoms with Gasteiger partial charge in [0.1, 0.15) is 45.8 Å². The number of carbonyl (C=O) groups is 3. The predicted octanol–water partition coefficient (Wildman–Crippen LogP) is 6.72. The molecule has 0 radical (unpaired) electrons. The molecular weight excluding hydrogens is 808 g/mol. The zero-order chi connectivity index (χ0) is 45.7. The van der Waals surface area contributed by atoms with E-state index in [1.54, 1.807) is 30.3 Å². The lowest BCUT2D eigenvalue weighted by atomic mass is 10.0. The van der Waals surface area contributed by atoms with Crippen molar-refractivity contribution >= 4 is 17.3 Å². The van der Waals surface area contributed by atoms with Crippen molar-refractivity contribution in [1.82, 2.24) is 0 Å². The Hall–Kier alpha value is -8.27. The molecule has 16 heteroatoms. The molecule has 0 fully saturated rings. The van der Waals surface area contributed by atoms with Gasteiger partial charge in [-0.3, -0.25) is 14.4 Å². The highest BCUT2D eigenvalue weighted by Crippen LogP contribution is 2.34. The van der Waals surface area contributed by atoms with Crippen molar-refractivity contribution in [3.05, 3.63) is 137 Å². The fraction of sp³-hybridized carbons (Fsp3) is 0.152. The molecule has 0 aromatic heterocycles. The van der Waals surface area contributed by atoms with Crippen molar-refractivity contribution < 1.29 is 79.3 Å². The Morgan fingerprint density at radius 3 is 1.11 bits per heavy atom. The molecule has 324 valence electrons. The van der Waals surface area contributed by atoms with Crippen molar-refractivity contribution in [1.29, 1.82) is 0 Å². The molecule has 6 aromatic rings. The van der Waals surface area contributed by atoms with Crippen molar-refractivity contribution in [2.75, 3.05) is 28.4 Å². The first-order chi connectivity index (χ1) is 29.5. The van der Waals surface area contributed by atoms with Gasteiger partial charge >= 0.3 is 0 Å². The summed E-state index contributed by atoms with van der Waals surface area (Å²) in [5.74, 6) is -1.63. The van der Waals surface area contributed by atoms with Crippen LogP contribution < -0.4 is 18.9 Å². The number of rotatable bonds is 13. The van der Waals surface area contributed by atoms with Gasteiger partial charge < -0.3 is 64.9 Å². The lowest BCUT2D eigenvalue weighted by Crippen LogP contribution is -2.04. The summed E-state index contributed by atoms with van der Waals surface area (Å²) in [6.45, 7) is 0. The summed E-state index contributed by atoms with van der Waals surface area (Å²) in [6, 6.07) is 24.0. The van der Waals surface area contributed by atoms with Crippen LogP contribution in [-0.4, -0.2) is 91.7 Å². The number of ether oxygens (including phenoxy) is 4. The average molecular weight is 853 g/mol. The van der Waals surface area contributed by atoms with E-state index in [9.17, 15) is 60.3 Å². The van der Waals surface area contributed by atoms with E-state index in [0.717, 1.165) is 18.2 Å². The van der Waals surface area contributed by atoms with Crippen molar-refractivity contribution in [3.63, 3.8) is 0 Å². The summed E-state index contributed by atoms with van der Waals surface area (Å²) in [5, 5.41) is 85.7. The number of phenols is 9. The summed E-state index contributed by atoms with van der Waals surface area (Å²) in [5.41, 5.74) is 1.97. The second-order valence-electron chi connectivity index (χ2n) is 13.3. The SMILES string of the molecule is COc1cc(CC(=O)c2c(O)cc(O)cc2O)ccc1O.COc1cc(CC(=O)c2ccc(O)cc2O)ccc1O.COc1ccc(C(=O)Cc2ccc(O)c(OC)c2)c(O)c1. The van der Waals surface area contributed by atoms with E-state index in [2.05, 4.69) is 0 Å². The fourth-order valence-electron chi connectivity index (χ4n) is 5.84. The Morgan fingerprint density at radius 1 is 0.371 bits per heavy atom. The van der Waals surface area contributed by atoms with Gasteiger partial charge in [0.2, 0.25) is 0 Å². The molecule has 0 unspecified atom stereocenters. The Morgan fingerprint density at radius 2 is 0.742 bits per heavy atom. The third kappa shape index (κ3) is 12.1. The van der Waals surface area contributed by atoms with Crippen molar-refractivity contribution in [2.45, 2.75) is 19.3 Å². The van der Waals surface area contributed by atoms with E-state index in [1.165, 1.54) is 83.0 Å². The number of phenolic OH excluding ortho intramolecular Hbond substituents is 9. The molecule has 62 heavy (non-hydrogen) atoms. The number of aromatic hydroxyl groups is 9. The first-order valence-electron chi connectivity index (χ1n) is 18.3. The summed E-state index contributed by atoms with van der Waals surface area (Å²) in [4.78, 5) is 36.4. The number of methoxy groups -OCH3 is 4. The van der Waals surface area contributed by atoms with Gasteiger partial charge in [0.05, 0.1) is 39.6 Å². The van der Waals surface area contributed by atoms with Gasteiger partial charge in [0.15, 0.2) is 51.8 Å². The molecule has 0 bridgehead atoms. The maximum atomic E-state index is 12.2. The molecular formula is C46H44O16. The van der Waals surface area contributed by atoms with Crippen LogP contribution in [-0.2, 0) is 19.3 Å². The molecule has 6 rings (SSSR count). The molecule has 0 saturated carbocycles. The van der Waals surface area contributed by atoms with E-state index in [-0.39, 0.29) is 99.3 Å². The first-order valence-corrected chi connectivity index (χ1v) is 18.3. The zero-order valence-electron chi connectivity index (χ0n) is 33.8. The van der Waals surface area contributed by atoms with E-state index in [4.69, 9.17) is 18.9 Å². The molecule has 0 spiro atoms. The van der Waals surface area contributed by atoms with Gasteiger partial charge in [-0.25, -0.2) is 0 Å². The Kier molecular flexibility index (Phi) is 15.8. The molecule has 0 amide bonds. The van der Waals surface area contributed by atoms with Crippen LogP contribution in [0.15, 0.2) is 103 Å². The lowest BCUT2D eigenvalue weighted by Gasteiger charge is -2.09. The third-order valence-corrected chi connectivity index (χ3v) is 8.97. The van der Waals surface area contributed by atoms with Crippen LogP contribution >= 0.6 is 0 Å². The van der Waals surface area contributed by atoms with Crippen molar-refractivity contribution in [3.8, 4) is 74.7 Å². The monoisotopic (exact) mass is 852 g/mol. The minimum atomic E-state index is -0.530. The summed E-state index contributed by atoms with van der Waals surface area (Å²) >= 11 is 0. The first kappa shape index (κ1) is 46.4. The van der Waals surface area contributed by atoms with Gasteiger partial charge in [0, 0.05) is 43.5 Å². The van der Waals surface area contributed by atoms with E-state index < -0.39 is 17.3 Å². The number of ketones is 3. The second-order valence-corrected chi connectivity index (χ2v) is 13.3. The van der Waals surface area contributed by atoms with E-state index in [1.807, 2.05) is 0 Å². The molecule has 0 saturated heterocycles. The summed E-state index contributed by atoms with van der Waals surface area (Å²) in [6.07, 6.45) is 0.0358. The van der Waals surface area contributed by atoms with Gasteiger partial charge in [-0.2, -0.15) is 0 Å². The minimum Gasteiger partial charge on any atom is -0.508 e. The number of hydrogen-bond acceptors (Lipinski definition) is 16. The van der Waals surface area contributed by atoms with Gasteiger partial charge in [-0.15, -0.1) is 0 Å². The van der Waals surface area contributed by atoms with Crippen LogP contribution in [0.25, 0.3) is 0 Å². The largest absolute Gasteiger partial charge is 0.508 e. The number of carbonyl (C=O) groups excluding carboxylic acids is 3. The van der Waals surface area contributed by atoms with Crippen LogP contribution in [0.1, 0.15) is 47.8 Å². The Bertz CT molecular complexity index is 2540. The molecule has 0 aliphatic carbocycles. The highest BCUT2D eigenvalue weighted by atomic mass is 16.5. The number of Topliss-reactive ketones (excluding diaryl/α,β-unsaturated/α-hetero) is 3. The van der Waals surface area contributed by atoms with Crippen LogP contribution in [0.5, 0.6) is 74.7 Å². The average Bonchev–Trinajstić information content (AvgIpc) is 3.22. The van der Waals surface area contributed by atoms with Gasteiger partial charge in [-0.05, 0) is 77.4 Å². The van der Waals surface area contributed by atoms with Crippen LogP contribution in [0.3, 0.4) is 0 Å². The molecule has 0 atom stereocenters. The van der Waals surface area contributed by atoms with Crippen LogP contribution in [0.2, 0.25) is 0 Å². The Balaban J connectivity index is 0.000000205. The molecule has 6 aromatic carbocycles. The minimum absolute atomic E-state index is 0.00354. The summed E-state index contributed by atoms with van der Waals surface area (Å²) in [7, 11) is 5.74. The lowest BCUT2D eigenvalue weighted by molar-refractivity contribution is 0.0979. The number of hydrogen-bond donors (Lipinski definition) is 9. The van der Waals surface area contributed by atoms with Crippen LogP contribution in [0, 0.1) is 0 Å². The smallest absolute Gasteiger partial charge is 0.174 e. The topological polar surface area (TPSA) is 270 Å². The van der Waals surface area contributed by atoms with Gasteiger partial charge in [-0.1, -0.05) is 18.2 Å². The maximum absolute atomic E-state index is 12.2. The molecule has 0 heterocycles. The third-order valence-electron chi connectivity index (χ3n) is 8.97. The molecule has 0 aliphatic rings. The number of benzene rings is 6. The predicted molar refractivity (Wildman–Crippen MR) is 224 cm³/mol. The zero-order valence-corrected chi connectivity index (χ0v) is 33.8. The Labute approximate surface area is 354 Å². The fourth-order valence-corrected chi connectivity index (χ4v) is 5.84. The van der Waals surface area contributed by atoms with Gasteiger partial charge in [0.25, 0.3) is 0 Å². The van der Waals surface area contributed by atoms with E-state index >= 15 is 0 Å². The van der Waals surface area contributed by atoms with Crippen LogP contribution in [0.4, 0.5) is 0 Å². The normalized spacial score (nSPS) is 10.3. The second kappa shape index (κ2) is 21.1. The molecule has 9 N–H and O–H groups in total. The maximum Gasteiger partial charge on any atom is 0.174 e. The van der Waals surface area contributed by atoms with Crippen molar-refractivity contribution in [2.24, 2.45) is 0 Å². The highest BCUT2D eigenvalue weighted by Gasteiger charge is 2.19. The standard InChI is InChI=1S/C16H16O5.C15H14O6.C15H14O5/c1-20-11-4-5-12(15(19)9-11)14(18)7-10-3-6-13(17)16(8-10)21-2;1-21-14-5-8(2-3-10(14)17)4-11(18)15-12(19)6-9(16)7-13(15)20;1-20-15-7-9(2-5-12(15)17)6-13(18)11-4-3-10(16)8-14(11)19/h3-6,8-9,17,19H,7H2,1-2H3;2-3,5-7,16-17,19-20H,4H2,1H3;2-5,7-8,16-17,19H,6H2,1H3. The molecule has 16 nitrogen and oxygen atoms in total. The highest BCUT2D eigenvalue weighted by molar-refractivity contribution is 6.03. The quantitative estimate of drug-likeness (QED) is 0.0546. The summed E-state index contributed by atoms with van der Waals surface area (Å²) < 4.78 is 19.9.